The van der Waals surface area contributed by atoms with Crippen LogP contribution >= 0.6 is 11.8 Å². The second kappa shape index (κ2) is 10.0. The van der Waals surface area contributed by atoms with E-state index in [-0.39, 0.29) is 29.3 Å². The van der Waals surface area contributed by atoms with Crippen molar-refractivity contribution in [2.75, 3.05) is 30.4 Å². The Kier molecular flexibility index (Phi) is 7.12. The van der Waals surface area contributed by atoms with Crippen LogP contribution in [0.5, 0.6) is 0 Å². The molecule has 4 rings (SSSR count). The van der Waals surface area contributed by atoms with Gasteiger partial charge in [0.15, 0.2) is 0 Å². The maximum Gasteiger partial charge on any atom is 0.318 e. The van der Waals surface area contributed by atoms with Gasteiger partial charge in [-0.15, -0.1) is 0 Å². The highest BCUT2D eigenvalue weighted by molar-refractivity contribution is 7.98. The molecule has 8 heteroatoms. The number of piperidine rings is 1. The van der Waals surface area contributed by atoms with E-state index < -0.39 is 6.04 Å². The van der Waals surface area contributed by atoms with Gasteiger partial charge in [-0.1, -0.05) is 12.1 Å². The Morgan fingerprint density at radius 1 is 1.12 bits per heavy atom. The molecule has 2 aromatic rings. The van der Waals surface area contributed by atoms with Crippen molar-refractivity contribution in [1.29, 1.82) is 0 Å². The van der Waals surface area contributed by atoms with Crippen LogP contribution in [0, 0.1) is 19.8 Å². The van der Waals surface area contributed by atoms with Gasteiger partial charge in [0.25, 0.3) is 5.56 Å². The van der Waals surface area contributed by atoms with Crippen LogP contribution in [0.25, 0.3) is 0 Å². The van der Waals surface area contributed by atoms with Gasteiger partial charge in [0.2, 0.25) is 5.91 Å². The number of fused-ring (bicyclic) bond motifs is 4. The molecule has 3 atom stereocenters. The fraction of sp³-hybridized carbons (Fsp3) is 0.480. The highest BCUT2D eigenvalue weighted by atomic mass is 32.2. The van der Waals surface area contributed by atoms with E-state index in [4.69, 9.17) is 0 Å². The number of pyridine rings is 1. The summed E-state index contributed by atoms with van der Waals surface area (Å²) >= 11 is 1.65. The Hall–Kier alpha value is -2.74. The number of nitrogens with zero attached hydrogens (tertiary/aromatic N) is 2. The van der Waals surface area contributed by atoms with Crippen LogP contribution < -0.4 is 16.2 Å². The SMILES string of the molecule is CSCC[C@H](NC(=O)N1C[C@H]2C[C@@H](C1)c1cccc(=O)n1C2)C(=O)Nc1ccc(C)c(C)c1. The topological polar surface area (TPSA) is 83.4 Å². The van der Waals surface area contributed by atoms with Gasteiger partial charge >= 0.3 is 6.03 Å². The summed E-state index contributed by atoms with van der Waals surface area (Å²) in [5.41, 5.74) is 4.04. The van der Waals surface area contributed by atoms with Crippen molar-refractivity contribution in [1.82, 2.24) is 14.8 Å². The first-order valence-electron chi connectivity index (χ1n) is 11.5. The third-order valence-corrected chi connectivity index (χ3v) is 7.41. The molecule has 1 aromatic heterocycles. The summed E-state index contributed by atoms with van der Waals surface area (Å²) in [7, 11) is 0. The van der Waals surface area contributed by atoms with Crippen molar-refractivity contribution < 1.29 is 9.59 Å². The standard InChI is InChI=1S/C25H32N4O3S/c1-16-7-8-20(11-17(16)2)26-24(31)21(9-10-33-3)27-25(32)28-13-18-12-19(15-28)22-5-4-6-23(30)29(22)14-18/h4-8,11,18-19,21H,9-10,12-15H2,1-3H3,(H,26,31)(H,27,32)/t18-,19+,21+/m1/s1. The number of likely N-dealkylation sites (tertiary alicyclic amines) is 1. The number of aryl methyl sites for hydroxylation is 2. The fourth-order valence-corrected chi connectivity index (χ4v) is 5.33. The number of carbonyl (C=O) groups is 2. The number of urea groups is 1. The van der Waals surface area contributed by atoms with Gasteiger partial charge in [0.05, 0.1) is 0 Å². The predicted molar refractivity (Wildman–Crippen MR) is 133 cm³/mol. The highest BCUT2D eigenvalue weighted by Crippen LogP contribution is 2.34. The molecule has 3 amide bonds. The molecule has 1 aromatic carbocycles. The number of anilines is 1. The molecular weight excluding hydrogens is 436 g/mol. The van der Waals surface area contributed by atoms with E-state index in [1.807, 2.05) is 53.8 Å². The molecule has 33 heavy (non-hydrogen) atoms. The molecule has 2 bridgehead atoms. The first kappa shape index (κ1) is 23.4. The summed E-state index contributed by atoms with van der Waals surface area (Å²) < 4.78 is 1.85. The van der Waals surface area contributed by atoms with Crippen LogP contribution in [0.4, 0.5) is 10.5 Å². The number of carbonyl (C=O) groups excluding carboxylic acids is 2. The molecule has 2 aliphatic heterocycles. The molecule has 1 saturated heterocycles. The van der Waals surface area contributed by atoms with E-state index >= 15 is 0 Å². The van der Waals surface area contributed by atoms with Crippen LogP contribution in [0.2, 0.25) is 0 Å². The summed E-state index contributed by atoms with van der Waals surface area (Å²) in [5, 5.41) is 5.95. The molecule has 0 radical (unpaired) electrons. The Labute approximate surface area is 198 Å². The van der Waals surface area contributed by atoms with Crippen molar-refractivity contribution in [3.05, 3.63) is 63.6 Å². The van der Waals surface area contributed by atoms with Crippen molar-refractivity contribution in [2.45, 2.75) is 45.2 Å². The number of hydrogen-bond donors (Lipinski definition) is 2. The maximum atomic E-state index is 13.2. The lowest BCUT2D eigenvalue weighted by Crippen LogP contribution is -2.55. The minimum absolute atomic E-state index is 0.0280. The average Bonchev–Trinajstić information content (AvgIpc) is 2.79. The molecule has 2 aliphatic rings. The first-order valence-corrected chi connectivity index (χ1v) is 12.9. The van der Waals surface area contributed by atoms with Crippen molar-refractivity contribution in [3.8, 4) is 0 Å². The van der Waals surface area contributed by atoms with E-state index in [0.717, 1.165) is 29.1 Å². The molecule has 1 fully saturated rings. The quantitative estimate of drug-likeness (QED) is 0.681. The Bertz CT molecular complexity index is 1100. The van der Waals surface area contributed by atoms with E-state index in [1.165, 1.54) is 5.56 Å². The number of aromatic nitrogens is 1. The lowest BCUT2D eigenvalue weighted by molar-refractivity contribution is -0.118. The molecule has 2 N–H and O–H groups in total. The molecule has 3 heterocycles. The summed E-state index contributed by atoms with van der Waals surface area (Å²) in [6.07, 6.45) is 3.53. The summed E-state index contributed by atoms with van der Waals surface area (Å²) in [6.45, 7) is 5.83. The molecule has 0 unspecified atom stereocenters. The second-order valence-electron chi connectivity index (χ2n) is 9.17. The number of nitrogens with one attached hydrogen (secondary N) is 2. The third kappa shape index (κ3) is 5.27. The van der Waals surface area contributed by atoms with Gasteiger partial charge in [0.1, 0.15) is 6.04 Å². The zero-order chi connectivity index (χ0) is 23.5. The minimum Gasteiger partial charge on any atom is -0.326 e. The average molecular weight is 469 g/mol. The minimum atomic E-state index is -0.608. The highest BCUT2D eigenvalue weighted by Gasteiger charge is 2.37. The van der Waals surface area contributed by atoms with Crippen LogP contribution in [-0.2, 0) is 11.3 Å². The number of rotatable bonds is 6. The number of thioether (sulfide) groups is 1. The Morgan fingerprint density at radius 2 is 1.94 bits per heavy atom. The predicted octanol–water partition coefficient (Wildman–Crippen LogP) is 3.35. The Morgan fingerprint density at radius 3 is 2.70 bits per heavy atom. The maximum absolute atomic E-state index is 13.2. The first-order chi connectivity index (χ1) is 15.9. The van der Waals surface area contributed by atoms with Gasteiger partial charge in [-0.2, -0.15) is 11.8 Å². The van der Waals surface area contributed by atoms with Crippen molar-refractivity contribution in [2.24, 2.45) is 5.92 Å². The summed E-state index contributed by atoms with van der Waals surface area (Å²) in [6, 6.07) is 10.4. The zero-order valence-electron chi connectivity index (χ0n) is 19.5. The monoisotopic (exact) mass is 468 g/mol. The van der Waals surface area contributed by atoms with Crippen molar-refractivity contribution >= 4 is 29.4 Å². The van der Waals surface area contributed by atoms with Gasteiger partial charge < -0.3 is 20.1 Å². The zero-order valence-corrected chi connectivity index (χ0v) is 20.3. The van der Waals surface area contributed by atoms with E-state index in [0.29, 0.717) is 26.1 Å². The molecule has 0 saturated carbocycles. The summed E-state index contributed by atoms with van der Waals surface area (Å²) in [5.74, 6) is 0.962. The lowest BCUT2D eigenvalue weighted by atomic mass is 9.83. The van der Waals surface area contributed by atoms with Crippen LogP contribution in [0.15, 0.2) is 41.2 Å². The second-order valence-corrected chi connectivity index (χ2v) is 10.2. The lowest BCUT2D eigenvalue weighted by Gasteiger charge is -2.43. The molecular formula is C25H32N4O3S. The number of amides is 3. The van der Waals surface area contributed by atoms with Gasteiger partial charge in [-0.05, 0) is 73.9 Å². The fourth-order valence-electron chi connectivity index (χ4n) is 4.86. The van der Waals surface area contributed by atoms with Gasteiger partial charge in [0, 0.05) is 43.0 Å². The van der Waals surface area contributed by atoms with E-state index in [9.17, 15) is 14.4 Å². The number of benzene rings is 1. The largest absolute Gasteiger partial charge is 0.326 e. The molecule has 0 aliphatic carbocycles. The normalized spacial score (nSPS) is 20.0. The van der Waals surface area contributed by atoms with Crippen LogP contribution in [-0.4, -0.2) is 52.5 Å². The van der Waals surface area contributed by atoms with E-state index in [1.54, 1.807) is 23.9 Å². The molecule has 176 valence electrons. The Balaban J connectivity index is 1.44. The molecule has 7 nitrogen and oxygen atoms in total. The summed E-state index contributed by atoms with van der Waals surface area (Å²) in [4.78, 5) is 40.3. The van der Waals surface area contributed by atoms with Crippen LogP contribution in [0.3, 0.4) is 0 Å². The molecule has 0 spiro atoms. The van der Waals surface area contributed by atoms with Gasteiger partial charge in [-0.25, -0.2) is 4.79 Å². The van der Waals surface area contributed by atoms with Crippen molar-refractivity contribution in [3.63, 3.8) is 0 Å². The van der Waals surface area contributed by atoms with Gasteiger partial charge in [-0.3, -0.25) is 9.59 Å². The third-order valence-electron chi connectivity index (χ3n) is 6.77. The van der Waals surface area contributed by atoms with Crippen LogP contribution in [0.1, 0.15) is 35.6 Å². The van der Waals surface area contributed by atoms with E-state index in [2.05, 4.69) is 10.6 Å². The smallest absolute Gasteiger partial charge is 0.318 e. The number of hydrogen-bond acceptors (Lipinski definition) is 4.